The monoisotopic (exact) mass is 374 g/mol. The van der Waals surface area contributed by atoms with Crippen LogP contribution in [0.1, 0.15) is 50.7 Å². The molecule has 1 aliphatic rings. The fourth-order valence-electron chi connectivity index (χ4n) is 3.20. The van der Waals surface area contributed by atoms with Crippen LogP contribution in [0, 0.1) is 0 Å². The lowest BCUT2D eigenvalue weighted by Gasteiger charge is -2.35. The van der Waals surface area contributed by atoms with Gasteiger partial charge in [-0.1, -0.05) is 0 Å². The minimum absolute atomic E-state index is 0.0636. The minimum atomic E-state index is -4.59. The van der Waals surface area contributed by atoms with Crippen LogP contribution in [0.5, 0.6) is 5.75 Å². The standard InChI is InChI=1S/C18H25F3N2O3/c1-17(2,3)26-16(25)23-7-5-6-11(10-23)13-8-12(24)9-14(15(13)22-4)18(19,20)21/h8-9,11,22,24H,5-7,10H2,1-4H3. The number of amides is 1. The maximum Gasteiger partial charge on any atom is 0.418 e. The van der Waals surface area contributed by atoms with E-state index < -0.39 is 29.2 Å². The number of halogens is 3. The van der Waals surface area contributed by atoms with Crippen molar-refractivity contribution in [3.63, 3.8) is 0 Å². The summed E-state index contributed by atoms with van der Waals surface area (Å²) in [4.78, 5) is 13.8. The van der Waals surface area contributed by atoms with Gasteiger partial charge in [-0.25, -0.2) is 4.79 Å². The van der Waals surface area contributed by atoms with E-state index in [1.165, 1.54) is 18.0 Å². The van der Waals surface area contributed by atoms with Crippen molar-refractivity contribution in [2.75, 3.05) is 25.5 Å². The van der Waals surface area contributed by atoms with Gasteiger partial charge in [0.1, 0.15) is 11.4 Å². The first kappa shape index (κ1) is 20.2. The van der Waals surface area contributed by atoms with Crippen molar-refractivity contribution in [3.05, 3.63) is 23.3 Å². The van der Waals surface area contributed by atoms with Crippen LogP contribution in [0.25, 0.3) is 0 Å². The molecular weight excluding hydrogens is 349 g/mol. The summed E-state index contributed by atoms with van der Waals surface area (Å²) in [6, 6.07) is 2.05. The number of nitrogens with one attached hydrogen (secondary N) is 1. The molecule has 146 valence electrons. The number of nitrogens with zero attached hydrogens (tertiary/aromatic N) is 1. The summed E-state index contributed by atoms with van der Waals surface area (Å²) in [5, 5.41) is 12.4. The first-order chi connectivity index (χ1) is 11.9. The van der Waals surface area contributed by atoms with E-state index in [0.29, 0.717) is 31.0 Å². The van der Waals surface area contributed by atoms with Crippen LogP contribution in [0.15, 0.2) is 12.1 Å². The predicted molar refractivity (Wildman–Crippen MR) is 92.4 cm³/mol. The molecule has 1 heterocycles. The Bertz CT molecular complexity index is 669. The van der Waals surface area contributed by atoms with Gasteiger partial charge in [0, 0.05) is 31.7 Å². The molecule has 1 aliphatic heterocycles. The van der Waals surface area contributed by atoms with Gasteiger partial charge in [0.25, 0.3) is 0 Å². The molecule has 0 spiro atoms. The van der Waals surface area contributed by atoms with Crippen LogP contribution in [0.3, 0.4) is 0 Å². The van der Waals surface area contributed by atoms with E-state index in [4.69, 9.17) is 4.74 Å². The number of anilines is 1. The lowest BCUT2D eigenvalue weighted by Crippen LogP contribution is -2.42. The summed E-state index contributed by atoms with van der Waals surface area (Å²) in [6.45, 7) is 6.01. The normalized spacial score (nSPS) is 18.6. The second kappa shape index (κ2) is 7.25. The third kappa shape index (κ3) is 4.74. The molecule has 1 atom stereocenters. The molecule has 1 fully saturated rings. The highest BCUT2D eigenvalue weighted by molar-refractivity contribution is 5.69. The van der Waals surface area contributed by atoms with E-state index in [1.54, 1.807) is 20.8 Å². The number of phenols is 1. The Morgan fingerprint density at radius 1 is 1.31 bits per heavy atom. The second-order valence-corrected chi connectivity index (χ2v) is 7.47. The molecular formula is C18H25F3N2O3. The highest BCUT2D eigenvalue weighted by atomic mass is 19.4. The molecule has 1 unspecified atom stereocenters. The third-order valence-corrected chi connectivity index (χ3v) is 4.22. The van der Waals surface area contributed by atoms with Gasteiger partial charge in [-0.3, -0.25) is 0 Å². The molecule has 26 heavy (non-hydrogen) atoms. The quantitative estimate of drug-likeness (QED) is 0.745. The lowest BCUT2D eigenvalue weighted by molar-refractivity contribution is -0.137. The van der Waals surface area contributed by atoms with Crippen molar-refractivity contribution in [2.45, 2.75) is 51.3 Å². The van der Waals surface area contributed by atoms with E-state index >= 15 is 0 Å². The average molecular weight is 374 g/mol. The molecule has 0 saturated carbocycles. The van der Waals surface area contributed by atoms with Crippen molar-refractivity contribution >= 4 is 11.8 Å². The van der Waals surface area contributed by atoms with E-state index in [-0.39, 0.29) is 18.2 Å². The first-order valence-electron chi connectivity index (χ1n) is 8.52. The number of alkyl halides is 3. The predicted octanol–water partition coefficient (Wildman–Crippen LogP) is 4.57. The fourth-order valence-corrected chi connectivity index (χ4v) is 3.20. The van der Waals surface area contributed by atoms with Crippen LogP contribution >= 0.6 is 0 Å². The second-order valence-electron chi connectivity index (χ2n) is 7.47. The summed E-state index contributed by atoms with van der Waals surface area (Å²) in [7, 11) is 1.42. The number of aromatic hydroxyl groups is 1. The number of phenolic OH excluding ortho intramolecular Hbond substituents is 1. The zero-order valence-electron chi connectivity index (χ0n) is 15.4. The van der Waals surface area contributed by atoms with E-state index in [0.717, 1.165) is 0 Å². The first-order valence-corrected chi connectivity index (χ1v) is 8.52. The smallest absolute Gasteiger partial charge is 0.418 e. The summed E-state index contributed by atoms with van der Waals surface area (Å²) >= 11 is 0. The van der Waals surface area contributed by atoms with Gasteiger partial charge in [-0.2, -0.15) is 13.2 Å². The molecule has 2 rings (SSSR count). The van der Waals surface area contributed by atoms with Crippen LogP contribution in [0.4, 0.5) is 23.7 Å². The molecule has 1 amide bonds. The lowest BCUT2D eigenvalue weighted by atomic mass is 9.87. The Morgan fingerprint density at radius 3 is 2.50 bits per heavy atom. The largest absolute Gasteiger partial charge is 0.508 e. The van der Waals surface area contributed by atoms with Crippen molar-refractivity contribution in [1.82, 2.24) is 4.90 Å². The van der Waals surface area contributed by atoms with Crippen molar-refractivity contribution in [3.8, 4) is 5.75 Å². The number of carbonyl (C=O) groups is 1. The SMILES string of the molecule is CNc1c(C2CCCN(C(=O)OC(C)(C)C)C2)cc(O)cc1C(F)(F)F. The number of piperidine rings is 1. The van der Waals surface area contributed by atoms with Crippen LogP contribution in [-0.4, -0.2) is 41.8 Å². The number of hydrogen-bond donors (Lipinski definition) is 2. The molecule has 1 aromatic rings. The van der Waals surface area contributed by atoms with Gasteiger partial charge < -0.3 is 20.1 Å². The van der Waals surface area contributed by atoms with Gasteiger partial charge in [0.15, 0.2) is 0 Å². The number of carbonyl (C=O) groups excluding carboxylic acids is 1. The van der Waals surface area contributed by atoms with E-state index in [1.807, 2.05) is 0 Å². The zero-order chi connectivity index (χ0) is 19.7. The van der Waals surface area contributed by atoms with E-state index in [2.05, 4.69) is 5.32 Å². The summed E-state index contributed by atoms with van der Waals surface area (Å²) in [6.07, 6.45) is -3.81. The molecule has 0 radical (unpaired) electrons. The maximum absolute atomic E-state index is 13.3. The number of likely N-dealkylation sites (tertiary alicyclic amines) is 1. The van der Waals surface area contributed by atoms with Crippen molar-refractivity contribution in [2.24, 2.45) is 0 Å². The minimum Gasteiger partial charge on any atom is -0.508 e. The number of benzene rings is 1. The van der Waals surface area contributed by atoms with Crippen LogP contribution in [-0.2, 0) is 10.9 Å². The van der Waals surface area contributed by atoms with Gasteiger partial charge in [0.2, 0.25) is 0 Å². The molecule has 0 aliphatic carbocycles. The van der Waals surface area contributed by atoms with Gasteiger partial charge >= 0.3 is 12.3 Å². The molecule has 2 N–H and O–H groups in total. The van der Waals surface area contributed by atoms with Gasteiger partial charge in [0.05, 0.1) is 5.56 Å². The van der Waals surface area contributed by atoms with Crippen LogP contribution < -0.4 is 5.32 Å². The Morgan fingerprint density at radius 2 is 1.96 bits per heavy atom. The number of ether oxygens (including phenoxy) is 1. The zero-order valence-corrected chi connectivity index (χ0v) is 15.4. The highest BCUT2D eigenvalue weighted by Crippen LogP contribution is 2.43. The Hall–Kier alpha value is -2.12. The fraction of sp³-hybridized carbons (Fsp3) is 0.611. The molecule has 1 aromatic carbocycles. The Balaban J connectivity index is 2.33. The van der Waals surface area contributed by atoms with E-state index in [9.17, 15) is 23.1 Å². The molecule has 0 aromatic heterocycles. The molecule has 8 heteroatoms. The molecule has 5 nitrogen and oxygen atoms in total. The van der Waals surface area contributed by atoms with Crippen molar-refractivity contribution in [1.29, 1.82) is 0 Å². The average Bonchev–Trinajstić information content (AvgIpc) is 2.51. The summed E-state index contributed by atoms with van der Waals surface area (Å²) < 4.78 is 45.3. The highest BCUT2D eigenvalue weighted by Gasteiger charge is 2.37. The molecule has 1 saturated heterocycles. The topological polar surface area (TPSA) is 61.8 Å². The van der Waals surface area contributed by atoms with Crippen molar-refractivity contribution < 1.29 is 27.8 Å². The van der Waals surface area contributed by atoms with Crippen LogP contribution in [0.2, 0.25) is 0 Å². The molecule has 0 bridgehead atoms. The third-order valence-electron chi connectivity index (χ3n) is 4.22. The number of rotatable bonds is 2. The van der Waals surface area contributed by atoms with Gasteiger partial charge in [-0.15, -0.1) is 0 Å². The summed E-state index contributed by atoms with van der Waals surface area (Å²) in [5.41, 5.74) is -1.27. The Kier molecular flexibility index (Phi) is 5.63. The van der Waals surface area contributed by atoms with Gasteiger partial charge in [-0.05, 0) is 51.3 Å². The summed E-state index contributed by atoms with van der Waals surface area (Å²) in [5.74, 6) is -0.771. The maximum atomic E-state index is 13.3. The Labute approximate surface area is 151 Å². The number of hydrogen-bond acceptors (Lipinski definition) is 4.